The van der Waals surface area contributed by atoms with Gasteiger partial charge in [-0.1, -0.05) is 6.07 Å². The Morgan fingerprint density at radius 2 is 2.18 bits per heavy atom. The Morgan fingerprint density at radius 1 is 1.39 bits per heavy atom. The van der Waals surface area contributed by atoms with Gasteiger partial charge in [0, 0.05) is 18.8 Å². The third-order valence-corrected chi connectivity index (χ3v) is 5.57. The van der Waals surface area contributed by atoms with E-state index in [0.717, 1.165) is 24.8 Å². The molecule has 4 rings (SSSR count). The van der Waals surface area contributed by atoms with Crippen LogP contribution in [0.1, 0.15) is 44.2 Å². The summed E-state index contributed by atoms with van der Waals surface area (Å²) in [6.07, 6.45) is 4.48. The number of hydrogen-bond donors (Lipinski definition) is 2. The van der Waals surface area contributed by atoms with E-state index in [1.54, 1.807) is 23.9 Å². The van der Waals surface area contributed by atoms with Crippen molar-refractivity contribution in [1.82, 2.24) is 19.1 Å². The summed E-state index contributed by atoms with van der Waals surface area (Å²) in [6, 6.07) is 4.34. The van der Waals surface area contributed by atoms with Crippen LogP contribution in [0.5, 0.6) is 0 Å². The molecule has 1 aromatic carbocycles. The summed E-state index contributed by atoms with van der Waals surface area (Å²) < 4.78 is 16.8. The monoisotopic (exact) mass is 385 g/mol. The minimum absolute atomic E-state index is 0.126. The van der Waals surface area contributed by atoms with E-state index in [-0.39, 0.29) is 17.5 Å². The third kappa shape index (κ3) is 3.28. The van der Waals surface area contributed by atoms with Crippen LogP contribution in [0, 0.1) is 12.7 Å². The van der Waals surface area contributed by atoms with Gasteiger partial charge in [0.25, 0.3) is 0 Å². The van der Waals surface area contributed by atoms with E-state index in [1.807, 2.05) is 13.8 Å². The van der Waals surface area contributed by atoms with Crippen LogP contribution in [-0.4, -0.2) is 29.8 Å². The second-order valence-corrected chi connectivity index (χ2v) is 7.95. The number of aliphatic hydroxyl groups is 1. The van der Waals surface area contributed by atoms with Crippen molar-refractivity contribution in [3.8, 4) is 0 Å². The average Bonchev–Trinajstić information content (AvgIpc) is 2.88. The quantitative estimate of drug-likeness (QED) is 0.723. The van der Waals surface area contributed by atoms with E-state index in [0.29, 0.717) is 29.2 Å². The zero-order valence-electron chi connectivity index (χ0n) is 16.2. The van der Waals surface area contributed by atoms with Crippen LogP contribution in [0.3, 0.4) is 0 Å². The third-order valence-electron chi connectivity index (χ3n) is 5.57. The van der Waals surface area contributed by atoms with Crippen molar-refractivity contribution in [3.63, 3.8) is 0 Å². The highest BCUT2D eigenvalue weighted by atomic mass is 19.1. The zero-order chi connectivity index (χ0) is 20.1. The van der Waals surface area contributed by atoms with Gasteiger partial charge < -0.3 is 10.4 Å². The van der Waals surface area contributed by atoms with Crippen LogP contribution >= 0.6 is 0 Å². The van der Waals surface area contributed by atoms with Gasteiger partial charge in [-0.25, -0.2) is 14.2 Å². The molecule has 1 aliphatic rings. The first-order valence-corrected chi connectivity index (χ1v) is 9.45. The summed E-state index contributed by atoms with van der Waals surface area (Å²) in [5, 5.41) is 13.5. The van der Waals surface area contributed by atoms with E-state index in [2.05, 4.69) is 15.3 Å². The molecule has 0 spiro atoms. The second-order valence-electron chi connectivity index (χ2n) is 7.95. The maximum atomic E-state index is 13.6. The molecule has 0 saturated heterocycles. The molecule has 0 aliphatic heterocycles. The number of aromatic nitrogens is 4. The van der Waals surface area contributed by atoms with Crippen LogP contribution in [0.25, 0.3) is 11.2 Å². The minimum atomic E-state index is -0.794. The van der Waals surface area contributed by atoms with Gasteiger partial charge in [-0.3, -0.25) is 9.13 Å². The Morgan fingerprint density at radius 3 is 2.93 bits per heavy atom. The number of hydrogen-bond acceptors (Lipinski definition) is 5. The fourth-order valence-corrected chi connectivity index (χ4v) is 4.02. The van der Waals surface area contributed by atoms with Gasteiger partial charge in [0.15, 0.2) is 5.65 Å². The molecular formula is C20H24FN5O2. The molecule has 1 saturated carbocycles. The molecule has 1 fully saturated rings. The van der Waals surface area contributed by atoms with Gasteiger partial charge in [-0.2, -0.15) is 4.98 Å². The molecule has 1 aliphatic carbocycles. The van der Waals surface area contributed by atoms with Gasteiger partial charge in [0.2, 0.25) is 5.95 Å². The number of rotatable bonds is 3. The molecule has 2 unspecified atom stereocenters. The molecular weight excluding hydrogens is 361 g/mol. The van der Waals surface area contributed by atoms with Gasteiger partial charge in [-0.05, 0) is 57.2 Å². The summed E-state index contributed by atoms with van der Waals surface area (Å²) in [7, 11) is 1.69. The first kappa shape index (κ1) is 18.6. The Labute approximate surface area is 161 Å². The Hall–Kier alpha value is -2.74. The normalized spacial score (nSPS) is 22.5. The number of benzene rings is 1. The van der Waals surface area contributed by atoms with Crippen LogP contribution < -0.4 is 11.0 Å². The molecule has 2 aromatic heterocycles. The highest BCUT2D eigenvalue weighted by Crippen LogP contribution is 2.35. The Bertz CT molecular complexity index is 1100. The van der Waals surface area contributed by atoms with Crippen LogP contribution in [0.2, 0.25) is 0 Å². The van der Waals surface area contributed by atoms with Crippen LogP contribution in [-0.2, 0) is 7.05 Å². The predicted octanol–water partition coefficient (Wildman–Crippen LogP) is 3.19. The van der Waals surface area contributed by atoms with Gasteiger partial charge in [0.05, 0.1) is 11.8 Å². The summed E-state index contributed by atoms with van der Waals surface area (Å²) in [4.78, 5) is 21.7. The molecule has 2 atom stereocenters. The largest absolute Gasteiger partial charge is 0.390 e. The lowest BCUT2D eigenvalue weighted by atomic mass is 9.83. The van der Waals surface area contributed by atoms with Gasteiger partial charge >= 0.3 is 5.69 Å². The van der Waals surface area contributed by atoms with Gasteiger partial charge in [-0.15, -0.1) is 0 Å². The standard InChI is InChI=1S/C20H24FN5O2/c1-12-6-7-13(21)9-15(12)23-18-22-11-16-17(24-18)26(19(27)25(16)3)14-5-4-8-20(2,28)10-14/h6-7,9,11,14,28H,4-5,8,10H2,1-3H3,(H,22,23,24). The van der Waals surface area contributed by atoms with E-state index in [4.69, 9.17) is 0 Å². The molecule has 3 aromatic rings. The highest BCUT2D eigenvalue weighted by molar-refractivity contribution is 5.73. The number of nitrogens with one attached hydrogen (secondary N) is 1. The van der Waals surface area contributed by atoms with E-state index in [9.17, 15) is 14.3 Å². The van der Waals surface area contributed by atoms with Gasteiger partial charge in [0.1, 0.15) is 11.3 Å². The van der Waals surface area contributed by atoms with Crippen molar-refractivity contribution in [2.45, 2.75) is 51.2 Å². The van der Waals surface area contributed by atoms with Crippen molar-refractivity contribution in [2.24, 2.45) is 7.05 Å². The SMILES string of the molecule is Cc1ccc(F)cc1Nc1ncc2c(n1)n(C1CCCC(C)(O)C1)c(=O)n2C. The topological polar surface area (TPSA) is 85.0 Å². The summed E-state index contributed by atoms with van der Waals surface area (Å²) in [5.74, 6) is -0.0571. The van der Waals surface area contributed by atoms with E-state index in [1.165, 1.54) is 16.7 Å². The summed E-state index contributed by atoms with van der Waals surface area (Å²) >= 11 is 0. The Balaban J connectivity index is 1.78. The lowest BCUT2D eigenvalue weighted by Gasteiger charge is -2.34. The molecule has 8 heteroatoms. The highest BCUT2D eigenvalue weighted by Gasteiger charge is 2.33. The van der Waals surface area contributed by atoms with Crippen molar-refractivity contribution in [3.05, 3.63) is 46.3 Å². The maximum absolute atomic E-state index is 13.6. The molecule has 0 bridgehead atoms. The van der Waals surface area contributed by atoms with E-state index < -0.39 is 5.60 Å². The molecule has 7 nitrogen and oxygen atoms in total. The molecule has 2 N–H and O–H groups in total. The summed E-state index contributed by atoms with van der Waals surface area (Å²) in [6.45, 7) is 3.67. The molecule has 28 heavy (non-hydrogen) atoms. The second kappa shape index (κ2) is 6.70. The molecule has 148 valence electrons. The van der Waals surface area contributed by atoms with Crippen molar-refractivity contribution in [2.75, 3.05) is 5.32 Å². The molecule has 2 heterocycles. The predicted molar refractivity (Wildman–Crippen MR) is 105 cm³/mol. The fraction of sp³-hybridized carbons (Fsp3) is 0.450. The lowest BCUT2D eigenvalue weighted by molar-refractivity contribution is 0.00389. The number of halogens is 1. The van der Waals surface area contributed by atoms with E-state index >= 15 is 0 Å². The first-order valence-electron chi connectivity index (χ1n) is 9.45. The van der Waals surface area contributed by atoms with Crippen molar-refractivity contribution in [1.29, 1.82) is 0 Å². The minimum Gasteiger partial charge on any atom is -0.390 e. The summed E-state index contributed by atoms with van der Waals surface area (Å²) in [5.41, 5.74) is 1.60. The maximum Gasteiger partial charge on any atom is 0.330 e. The number of nitrogens with zero attached hydrogens (tertiary/aromatic N) is 4. The fourth-order valence-electron chi connectivity index (χ4n) is 4.02. The number of anilines is 2. The molecule has 0 amide bonds. The smallest absolute Gasteiger partial charge is 0.330 e. The lowest BCUT2D eigenvalue weighted by Crippen LogP contribution is -2.36. The number of imidazole rings is 1. The average molecular weight is 385 g/mol. The molecule has 0 radical (unpaired) electrons. The number of aryl methyl sites for hydroxylation is 2. The van der Waals surface area contributed by atoms with Crippen LogP contribution in [0.15, 0.2) is 29.2 Å². The van der Waals surface area contributed by atoms with Crippen LogP contribution in [0.4, 0.5) is 16.0 Å². The van der Waals surface area contributed by atoms with Crippen molar-refractivity contribution >= 4 is 22.8 Å². The van der Waals surface area contributed by atoms with Crippen molar-refractivity contribution < 1.29 is 9.50 Å². The Kier molecular flexibility index (Phi) is 4.45. The first-order chi connectivity index (χ1) is 13.2. The zero-order valence-corrected chi connectivity index (χ0v) is 16.2. The number of fused-ring (bicyclic) bond motifs is 1.